The first-order valence-corrected chi connectivity index (χ1v) is 8.33. The highest BCUT2D eigenvalue weighted by atomic mass is 16.7. The first-order chi connectivity index (χ1) is 10.2. The normalized spacial score (nSPS) is 24.5. The molecule has 2 unspecified atom stereocenters. The van der Waals surface area contributed by atoms with Crippen molar-refractivity contribution in [3.8, 4) is 11.5 Å². The Bertz CT molecular complexity index is 472. The molecule has 3 heteroatoms. The van der Waals surface area contributed by atoms with Crippen LogP contribution in [0.5, 0.6) is 11.5 Å². The van der Waals surface area contributed by atoms with Crippen molar-refractivity contribution in [3.05, 3.63) is 23.8 Å². The van der Waals surface area contributed by atoms with Crippen LogP contribution in [-0.4, -0.2) is 12.8 Å². The molecule has 1 fully saturated rings. The summed E-state index contributed by atoms with van der Waals surface area (Å²) in [5, 5.41) is 3.74. The van der Waals surface area contributed by atoms with Gasteiger partial charge in [-0.25, -0.2) is 0 Å². The highest BCUT2D eigenvalue weighted by molar-refractivity contribution is 5.48. The van der Waals surface area contributed by atoms with E-state index in [-0.39, 0.29) is 0 Å². The number of para-hydroxylation sites is 1. The van der Waals surface area contributed by atoms with Gasteiger partial charge >= 0.3 is 0 Å². The summed E-state index contributed by atoms with van der Waals surface area (Å²) >= 11 is 0. The Morgan fingerprint density at radius 2 is 2.14 bits per heavy atom. The van der Waals surface area contributed by atoms with Crippen LogP contribution in [0.1, 0.15) is 51.5 Å². The molecular weight excluding hydrogens is 262 g/mol. The summed E-state index contributed by atoms with van der Waals surface area (Å²) in [6.45, 7) is 5.90. The highest BCUT2D eigenvalue weighted by Gasteiger charge is 2.23. The molecule has 1 aromatic carbocycles. The van der Waals surface area contributed by atoms with Crippen molar-refractivity contribution in [1.29, 1.82) is 0 Å². The van der Waals surface area contributed by atoms with Gasteiger partial charge in [0.2, 0.25) is 6.79 Å². The van der Waals surface area contributed by atoms with Crippen LogP contribution in [0, 0.1) is 11.8 Å². The lowest BCUT2D eigenvalue weighted by Gasteiger charge is -2.31. The third-order valence-corrected chi connectivity index (χ3v) is 4.65. The fourth-order valence-electron chi connectivity index (χ4n) is 3.74. The number of rotatable bonds is 5. The third-order valence-electron chi connectivity index (χ3n) is 4.65. The van der Waals surface area contributed by atoms with Crippen molar-refractivity contribution in [3.63, 3.8) is 0 Å². The standard InChI is InChI=1S/C18H27NO2/c1-13(2)9-14-5-3-7-16(10-14)19-11-15-6-4-8-17-18(15)21-12-20-17/h4,6,8,13-14,16,19H,3,5,7,9-12H2,1-2H3. The number of nitrogens with one attached hydrogen (secondary N) is 1. The Hall–Kier alpha value is -1.22. The van der Waals surface area contributed by atoms with E-state index < -0.39 is 0 Å². The monoisotopic (exact) mass is 289 g/mol. The maximum atomic E-state index is 5.58. The lowest BCUT2D eigenvalue weighted by atomic mass is 9.81. The minimum Gasteiger partial charge on any atom is -0.454 e. The molecule has 1 saturated carbocycles. The quantitative estimate of drug-likeness (QED) is 0.885. The Morgan fingerprint density at radius 3 is 3.00 bits per heavy atom. The van der Waals surface area contributed by atoms with Gasteiger partial charge in [0.05, 0.1) is 0 Å². The van der Waals surface area contributed by atoms with E-state index in [0.29, 0.717) is 12.8 Å². The summed E-state index contributed by atoms with van der Waals surface area (Å²) in [7, 11) is 0. The summed E-state index contributed by atoms with van der Waals surface area (Å²) in [6.07, 6.45) is 6.77. The van der Waals surface area contributed by atoms with Crippen molar-refractivity contribution >= 4 is 0 Å². The number of hydrogen-bond donors (Lipinski definition) is 1. The lowest BCUT2D eigenvalue weighted by molar-refractivity contribution is 0.173. The molecule has 3 nitrogen and oxygen atoms in total. The molecule has 0 saturated heterocycles. The summed E-state index contributed by atoms with van der Waals surface area (Å²) in [5.74, 6) is 3.53. The molecule has 2 atom stereocenters. The second kappa shape index (κ2) is 6.69. The third kappa shape index (κ3) is 3.70. The smallest absolute Gasteiger partial charge is 0.231 e. The van der Waals surface area contributed by atoms with Crippen molar-refractivity contribution in [2.24, 2.45) is 11.8 Å². The molecule has 2 aliphatic rings. The van der Waals surface area contributed by atoms with Crippen LogP contribution in [0.2, 0.25) is 0 Å². The zero-order valence-corrected chi connectivity index (χ0v) is 13.2. The van der Waals surface area contributed by atoms with Gasteiger partial charge in [-0.1, -0.05) is 38.8 Å². The molecular formula is C18H27NO2. The fourth-order valence-corrected chi connectivity index (χ4v) is 3.74. The summed E-state index contributed by atoms with van der Waals surface area (Å²) in [4.78, 5) is 0. The molecule has 0 aromatic heterocycles. The SMILES string of the molecule is CC(C)CC1CCCC(NCc2cccc3c2OCO3)C1. The summed E-state index contributed by atoms with van der Waals surface area (Å²) in [6, 6.07) is 6.81. The number of ether oxygens (including phenoxy) is 2. The molecule has 21 heavy (non-hydrogen) atoms. The van der Waals surface area contributed by atoms with Gasteiger partial charge in [0.1, 0.15) is 0 Å². The second-order valence-corrected chi connectivity index (χ2v) is 6.89. The molecule has 1 aromatic rings. The molecule has 0 radical (unpaired) electrons. The van der Waals surface area contributed by atoms with E-state index >= 15 is 0 Å². The van der Waals surface area contributed by atoms with E-state index in [1.165, 1.54) is 37.7 Å². The fraction of sp³-hybridized carbons (Fsp3) is 0.667. The van der Waals surface area contributed by atoms with Crippen LogP contribution < -0.4 is 14.8 Å². The zero-order valence-electron chi connectivity index (χ0n) is 13.2. The van der Waals surface area contributed by atoms with Gasteiger partial charge in [0.25, 0.3) is 0 Å². The molecule has 3 rings (SSSR count). The van der Waals surface area contributed by atoms with Crippen molar-refractivity contribution in [2.75, 3.05) is 6.79 Å². The van der Waals surface area contributed by atoms with Gasteiger partial charge in [-0.05, 0) is 37.2 Å². The van der Waals surface area contributed by atoms with Crippen LogP contribution in [-0.2, 0) is 6.54 Å². The Balaban J connectivity index is 1.54. The van der Waals surface area contributed by atoms with Gasteiger partial charge in [0.15, 0.2) is 11.5 Å². The summed E-state index contributed by atoms with van der Waals surface area (Å²) < 4.78 is 11.0. The molecule has 1 aliphatic carbocycles. The van der Waals surface area contributed by atoms with E-state index in [9.17, 15) is 0 Å². The van der Waals surface area contributed by atoms with Crippen molar-refractivity contribution in [2.45, 2.75) is 58.5 Å². The van der Waals surface area contributed by atoms with Crippen LogP contribution in [0.25, 0.3) is 0 Å². The van der Waals surface area contributed by atoms with E-state index in [4.69, 9.17) is 9.47 Å². The maximum Gasteiger partial charge on any atom is 0.231 e. The largest absolute Gasteiger partial charge is 0.454 e. The lowest BCUT2D eigenvalue weighted by Crippen LogP contribution is -2.34. The zero-order chi connectivity index (χ0) is 14.7. The molecule has 0 amide bonds. The summed E-state index contributed by atoms with van der Waals surface area (Å²) in [5.41, 5.74) is 1.22. The maximum absolute atomic E-state index is 5.58. The van der Waals surface area contributed by atoms with Crippen molar-refractivity contribution in [1.82, 2.24) is 5.32 Å². The molecule has 0 spiro atoms. The molecule has 1 N–H and O–H groups in total. The van der Waals surface area contributed by atoms with Crippen LogP contribution in [0.15, 0.2) is 18.2 Å². The van der Waals surface area contributed by atoms with E-state index in [1.807, 2.05) is 12.1 Å². The topological polar surface area (TPSA) is 30.5 Å². The van der Waals surface area contributed by atoms with Gasteiger partial charge in [0, 0.05) is 18.2 Å². The Morgan fingerprint density at radius 1 is 1.24 bits per heavy atom. The van der Waals surface area contributed by atoms with Gasteiger partial charge in [-0.15, -0.1) is 0 Å². The van der Waals surface area contributed by atoms with E-state index in [1.54, 1.807) is 0 Å². The average Bonchev–Trinajstić information content (AvgIpc) is 2.93. The first kappa shape index (κ1) is 14.7. The van der Waals surface area contributed by atoms with E-state index in [2.05, 4.69) is 25.2 Å². The predicted octanol–water partition coefficient (Wildman–Crippen LogP) is 4.11. The van der Waals surface area contributed by atoms with Crippen LogP contribution >= 0.6 is 0 Å². The predicted molar refractivity (Wildman–Crippen MR) is 84.6 cm³/mol. The van der Waals surface area contributed by atoms with E-state index in [0.717, 1.165) is 29.9 Å². The van der Waals surface area contributed by atoms with Gasteiger partial charge in [-0.3, -0.25) is 0 Å². The van der Waals surface area contributed by atoms with Gasteiger partial charge in [-0.2, -0.15) is 0 Å². The van der Waals surface area contributed by atoms with Crippen LogP contribution in [0.3, 0.4) is 0 Å². The van der Waals surface area contributed by atoms with Crippen LogP contribution in [0.4, 0.5) is 0 Å². The molecule has 1 aliphatic heterocycles. The minimum atomic E-state index is 0.353. The van der Waals surface area contributed by atoms with Crippen molar-refractivity contribution < 1.29 is 9.47 Å². The number of fused-ring (bicyclic) bond motifs is 1. The molecule has 1 heterocycles. The first-order valence-electron chi connectivity index (χ1n) is 8.33. The average molecular weight is 289 g/mol. The number of hydrogen-bond acceptors (Lipinski definition) is 3. The number of benzene rings is 1. The second-order valence-electron chi connectivity index (χ2n) is 6.89. The van der Waals surface area contributed by atoms with Gasteiger partial charge < -0.3 is 14.8 Å². The minimum absolute atomic E-state index is 0.353. The molecule has 116 valence electrons. The molecule has 0 bridgehead atoms. The Kier molecular flexibility index (Phi) is 4.69. The Labute approximate surface area is 128 Å². The highest BCUT2D eigenvalue weighted by Crippen LogP contribution is 2.35.